The van der Waals surface area contributed by atoms with Crippen LogP contribution in [0.25, 0.3) is 0 Å². The molecular weight excluding hydrogens is 216 g/mol. The molecule has 0 bridgehead atoms. The molecule has 82 valence electrons. The number of benzene rings is 1. The van der Waals surface area contributed by atoms with Crippen molar-refractivity contribution in [1.29, 1.82) is 0 Å². The van der Waals surface area contributed by atoms with E-state index in [1.54, 1.807) is 12.1 Å². The van der Waals surface area contributed by atoms with Crippen LogP contribution in [0.5, 0.6) is 0 Å². The number of rotatable bonds is 4. The zero-order valence-electron chi connectivity index (χ0n) is 8.66. The quantitative estimate of drug-likeness (QED) is 0.636. The first-order chi connectivity index (χ1) is 7.04. The summed E-state index contributed by atoms with van der Waals surface area (Å²) in [5.41, 5.74) is 0.788. The molecule has 1 atom stereocenters. The summed E-state index contributed by atoms with van der Waals surface area (Å²) in [4.78, 5) is 10.4. The Labute approximate surface area is 93.4 Å². The number of halogens is 1. The fourth-order valence-corrected chi connectivity index (χ4v) is 1.48. The fraction of sp³-hybridized carbons (Fsp3) is 0.400. The summed E-state index contributed by atoms with van der Waals surface area (Å²) in [5.74, 6) is 0. The number of likely N-dealkylation sites (N-methyl/N-ethyl adjacent to an activating group) is 1. The Morgan fingerprint density at radius 1 is 1.60 bits per heavy atom. The standard InChI is InChI=1S/C10H13ClN2O2/c1-7(12-2)5-8-3-4-9(11)6-10(8)13(14)15/h3-4,6-7,12H,5H2,1-2H3. The van der Waals surface area contributed by atoms with Crippen LogP contribution in [0.2, 0.25) is 5.02 Å². The summed E-state index contributed by atoms with van der Waals surface area (Å²) >= 11 is 5.71. The van der Waals surface area contributed by atoms with Gasteiger partial charge in [0, 0.05) is 22.7 Å². The summed E-state index contributed by atoms with van der Waals surface area (Å²) in [5, 5.41) is 14.2. The Bertz CT molecular complexity index is 368. The van der Waals surface area contributed by atoms with Crippen molar-refractivity contribution in [3.63, 3.8) is 0 Å². The van der Waals surface area contributed by atoms with Gasteiger partial charge in [-0.05, 0) is 26.5 Å². The number of nitro groups is 1. The number of nitrogens with zero attached hydrogens (tertiary/aromatic N) is 1. The lowest BCUT2D eigenvalue weighted by atomic mass is 10.1. The van der Waals surface area contributed by atoms with E-state index in [1.807, 2.05) is 14.0 Å². The van der Waals surface area contributed by atoms with E-state index in [0.29, 0.717) is 17.0 Å². The average Bonchev–Trinajstić information content (AvgIpc) is 2.20. The molecule has 4 nitrogen and oxygen atoms in total. The van der Waals surface area contributed by atoms with Crippen molar-refractivity contribution >= 4 is 17.3 Å². The van der Waals surface area contributed by atoms with E-state index in [4.69, 9.17) is 11.6 Å². The minimum absolute atomic E-state index is 0.0876. The Kier molecular flexibility index (Phi) is 4.05. The first kappa shape index (κ1) is 11.9. The number of nitrogens with one attached hydrogen (secondary N) is 1. The Balaban J connectivity index is 3.01. The van der Waals surface area contributed by atoms with Crippen LogP contribution in [0.1, 0.15) is 12.5 Å². The Morgan fingerprint density at radius 2 is 2.27 bits per heavy atom. The lowest BCUT2D eigenvalue weighted by Crippen LogP contribution is -2.23. The first-order valence-electron chi connectivity index (χ1n) is 4.64. The van der Waals surface area contributed by atoms with Gasteiger partial charge in [0.1, 0.15) is 0 Å². The molecule has 1 rings (SSSR count). The van der Waals surface area contributed by atoms with Crippen LogP contribution in [-0.2, 0) is 6.42 Å². The van der Waals surface area contributed by atoms with Crippen molar-refractivity contribution in [2.75, 3.05) is 7.05 Å². The van der Waals surface area contributed by atoms with Gasteiger partial charge in [-0.15, -0.1) is 0 Å². The summed E-state index contributed by atoms with van der Waals surface area (Å²) < 4.78 is 0. The van der Waals surface area contributed by atoms with Gasteiger partial charge in [-0.3, -0.25) is 10.1 Å². The third-order valence-corrected chi connectivity index (χ3v) is 2.50. The van der Waals surface area contributed by atoms with E-state index < -0.39 is 4.92 Å². The van der Waals surface area contributed by atoms with Crippen molar-refractivity contribution in [2.45, 2.75) is 19.4 Å². The second kappa shape index (κ2) is 5.09. The monoisotopic (exact) mass is 228 g/mol. The van der Waals surface area contributed by atoms with Crippen LogP contribution in [0.15, 0.2) is 18.2 Å². The molecule has 0 aliphatic carbocycles. The highest BCUT2D eigenvalue weighted by molar-refractivity contribution is 6.30. The van der Waals surface area contributed by atoms with Crippen LogP contribution >= 0.6 is 11.6 Å². The normalized spacial score (nSPS) is 12.5. The molecule has 0 amide bonds. The average molecular weight is 229 g/mol. The predicted octanol–water partition coefficient (Wildman–Crippen LogP) is 2.40. The smallest absolute Gasteiger partial charge is 0.274 e. The van der Waals surface area contributed by atoms with E-state index in [9.17, 15) is 10.1 Å². The van der Waals surface area contributed by atoms with Gasteiger partial charge in [0.05, 0.1) is 4.92 Å². The maximum Gasteiger partial charge on any atom is 0.274 e. The van der Waals surface area contributed by atoms with E-state index in [2.05, 4.69) is 5.32 Å². The lowest BCUT2D eigenvalue weighted by Gasteiger charge is -2.10. The summed E-state index contributed by atoms with van der Waals surface area (Å²) in [7, 11) is 1.83. The van der Waals surface area contributed by atoms with Crippen LogP contribution in [0.3, 0.4) is 0 Å². The molecule has 0 heterocycles. The molecule has 1 aromatic carbocycles. The molecule has 0 fully saturated rings. The SMILES string of the molecule is CNC(C)Cc1ccc(Cl)cc1[N+](=O)[O-]. The summed E-state index contributed by atoms with van der Waals surface area (Å²) in [6.45, 7) is 1.97. The van der Waals surface area contributed by atoms with Gasteiger partial charge in [0.2, 0.25) is 0 Å². The molecule has 0 aliphatic heterocycles. The van der Waals surface area contributed by atoms with E-state index in [-0.39, 0.29) is 11.7 Å². The van der Waals surface area contributed by atoms with Crippen molar-refractivity contribution in [2.24, 2.45) is 0 Å². The zero-order chi connectivity index (χ0) is 11.4. The fourth-order valence-electron chi connectivity index (χ4n) is 1.31. The lowest BCUT2D eigenvalue weighted by molar-refractivity contribution is -0.385. The Hall–Kier alpha value is -1.13. The van der Waals surface area contributed by atoms with Gasteiger partial charge in [0.25, 0.3) is 5.69 Å². The van der Waals surface area contributed by atoms with Gasteiger partial charge < -0.3 is 5.32 Å². The maximum atomic E-state index is 10.8. The molecule has 1 unspecified atom stereocenters. The third kappa shape index (κ3) is 3.18. The highest BCUT2D eigenvalue weighted by atomic mass is 35.5. The summed E-state index contributed by atoms with van der Waals surface area (Å²) in [6, 6.07) is 4.96. The molecule has 15 heavy (non-hydrogen) atoms. The molecule has 0 aliphatic rings. The molecule has 0 saturated heterocycles. The number of nitro benzene ring substituents is 1. The molecular formula is C10H13ClN2O2. The molecule has 0 radical (unpaired) electrons. The number of hydrogen-bond donors (Lipinski definition) is 1. The van der Waals surface area contributed by atoms with Crippen molar-refractivity contribution in [3.8, 4) is 0 Å². The van der Waals surface area contributed by atoms with Crippen LogP contribution < -0.4 is 5.32 Å². The molecule has 0 aromatic heterocycles. The second-order valence-corrected chi connectivity index (χ2v) is 3.86. The third-order valence-electron chi connectivity index (χ3n) is 2.26. The Morgan fingerprint density at radius 3 is 2.80 bits per heavy atom. The first-order valence-corrected chi connectivity index (χ1v) is 5.02. The largest absolute Gasteiger partial charge is 0.317 e. The van der Waals surface area contributed by atoms with Crippen LogP contribution in [0, 0.1) is 10.1 Å². The topological polar surface area (TPSA) is 55.2 Å². The minimum Gasteiger partial charge on any atom is -0.317 e. The number of hydrogen-bond acceptors (Lipinski definition) is 3. The van der Waals surface area contributed by atoms with Crippen LogP contribution in [-0.4, -0.2) is 18.0 Å². The highest BCUT2D eigenvalue weighted by Crippen LogP contribution is 2.24. The van der Waals surface area contributed by atoms with Gasteiger partial charge in [-0.1, -0.05) is 17.7 Å². The van der Waals surface area contributed by atoms with Gasteiger partial charge >= 0.3 is 0 Å². The maximum absolute atomic E-state index is 10.8. The second-order valence-electron chi connectivity index (χ2n) is 3.42. The van der Waals surface area contributed by atoms with Crippen LogP contribution in [0.4, 0.5) is 5.69 Å². The van der Waals surface area contributed by atoms with Crippen molar-refractivity contribution in [1.82, 2.24) is 5.32 Å². The van der Waals surface area contributed by atoms with Gasteiger partial charge in [0.15, 0.2) is 0 Å². The van der Waals surface area contributed by atoms with Crippen molar-refractivity contribution in [3.05, 3.63) is 38.9 Å². The van der Waals surface area contributed by atoms with E-state index >= 15 is 0 Å². The van der Waals surface area contributed by atoms with Crippen molar-refractivity contribution < 1.29 is 4.92 Å². The molecule has 0 spiro atoms. The molecule has 1 N–H and O–H groups in total. The zero-order valence-corrected chi connectivity index (χ0v) is 9.41. The van der Waals surface area contributed by atoms with Gasteiger partial charge in [-0.2, -0.15) is 0 Å². The molecule has 1 aromatic rings. The molecule has 0 saturated carbocycles. The predicted molar refractivity (Wildman–Crippen MR) is 60.3 cm³/mol. The van der Waals surface area contributed by atoms with E-state index in [0.717, 1.165) is 0 Å². The minimum atomic E-state index is -0.399. The molecule has 5 heteroatoms. The summed E-state index contributed by atoms with van der Waals surface area (Å²) in [6.07, 6.45) is 0.615. The van der Waals surface area contributed by atoms with E-state index in [1.165, 1.54) is 6.07 Å². The highest BCUT2D eigenvalue weighted by Gasteiger charge is 2.15. The van der Waals surface area contributed by atoms with Gasteiger partial charge in [-0.25, -0.2) is 0 Å².